The molecule has 0 saturated carbocycles. The van der Waals surface area contributed by atoms with Gasteiger partial charge >= 0.3 is 0 Å². The average Bonchev–Trinajstić information content (AvgIpc) is 2.83. The molecule has 0 radical (unpaired) electrons. The fourth-order valence-electron chi connectivity index (χ4n) is 2.10. The smallest absolute Gasteiger partial charge is 0.263 e. The topological polar surface area (TPSA) is 81.0 Å². The van der Waals surface area contributed by atoms with E-state index in [0.29, 0.717) is 29.3 Å². The second-order valence-electron chi connectivity index (χ2n) is 5.37. The van der Waals surface area contributed by atoms with Crippen molar-refractivity contribution in [1.29, 1.82) is 0 Å². The molecule has 1 aromatic carbocycles. The molecule has 0 aliphatic heterocycles. The molecule has 0 spiro atoms. The Morgan fingerprint density at radius 1 is 1.44 bits per heavy atom. The molecule has 0 aliphatic rings. The molecule has 0 bridgehead atoms. The molecule has 1 amide bonds. The summed E-state index contributed by atoms with van der Waals surface area (Å²) in [6, 6.07) is 4.35. The van der Waals surface area contributed by atoms with Crippen molar-refractivity contribution in [2.75, 3.05) is 33.1 Å². The fraction of sp³-hybridized carbons (Fsp3) is 0.467. The fourth-order valence-corrected chi connectivity index (χ4v) is 3.54. The van der Waals surface area contributed by atoms with Gasteiger partial charge in [-0.1, -0.05) is 11.3 Å². The lowest BCUT2D eigenvalue weighted by atomic mass is 10.3. The predicted molar refractivity (Wildman–Crippen MR) is 94.3 cm³/mol. The molecule has 1 aromatic heterocycles. The third kappa shape index (κ3) is 5.18. The van der Waals surface area contributed by atoms with Crippen LogP contribution in [-0.4, -0.2) is 56.3 Å². The number of hydrogen-bond donors (Lipinski definition) is 0. The number of thiazole rings is 1. The van der Waals surface area contributed by atoms with E-state index in [1.807, 2.05) is 6.92 Å². The van der Waals surface area contributed by atoms with Crippen molar-refractivity contribution in [3.05, 3.63) is 28.8 Å². The Balaban J connectivity index is 2.40. The van der Waals surface area contributed by atoms with Crippen LogP contribution in [-0.2, 0) is 26.1 Å². The van der Waals surface area contributed by atoms with Gasteiger partial charge in [0.1, 0.15) is 5.82 Å². The molecule has 0 fully saturated rings. The molecule has 25 heavy (non-hydrogen) atoms. The number of amides is 1. The van der Waals surface area contributed by atoms with Gasteiger partial charge in [-0.05, 0) is 25.1 Å². The maximum absolute atomic E-state index is 13.5. The largest absolute Gasteiger partial charge is 0.380 e. The molecule has 1 heterocycles. The zero-order valence-electron chi connectivity index (χ0n) is 14.2. The highest BCUT2D eigenvalue weighted by molar-refractivity contribution is 7.88. The van der Waals surface area contributed by atoms with E-state index in [1.54, 1.807) is 10.6 Å². The number of carbonyl (C=O) groups is 1. The highest BCUT2D eigenvalue weighted by Gasteiger charge is 2.15. The number of nitrogens with zero attached hydrogens (tertiary/aromatic N) is 3. The van der Waals surface area contributed by atoms with E-state index in [-0.39, 0.29) is 12.4 Å². The number of likely N-dealkylation sites (N-methyl/N-ethyl adjacent to an activating group) is 1. The summed E-state index contributed by atoms with van der Waals surface area (Å²) >= 11 is 1.17. The molecule has 0 atom stereocenters. The van der Waals surface area contributed by atoms with Crippen LogP contribution in [0.3, 0.4) is 0 Å². The summed E-state index contributed by atoms with van der Waals surface area (Å²) in [6.07, 6.45) is 1.02. The van der Waals surface area contributed by atoms with Crippen molar-refractivity contribution < 1.29 is 22.3 Å². The van der Waals surface area contributed by atoms with Crippen LogP contribution in [0.1, 0.15) is 6.92 Å². The number of halogens is 1. The van der Waals surface area contributed by atoms with Gasteiger partial charge in [-0.15, -0.1) is 0 Å². The van der Waals surface area contributed by atoms with Crippen LogP contribution in [0.5, 0.6) is 0 Å². The van der Waals surface area contributed by atoms with E-state index < -0.39 is 15.9 Å². The van der Waals surface area contributed by atoms with Gasteiger partial charge in [-0.25, -0.2) is 12.8 Å². The van der Waals surface area contributed by atoms with Crippen LogP contribution in [0, 0.1) is 5.82 Å². The Kier molecular flexibility index (Phi) is 6.44. The Hall–Kier alpha value is -1.62. The monoisotopic (exact) mass is 389 g/mol. The molecule has 0 N–H and O–H groups in total. The van der Waals surface area contributed by atoms with Gasteiger partial charge in [-0.2, -0.15) is 9.30 Å². The van der Waals surface area contributed by atoms with Crippen molar-refractivity contribution in [3.8, 4) is 0 Å². The second kappa shape index (κ2) is 8.17. The predicted octanol–water partition coefficient (Wildman–Crippen LogP) is 1.20. The molecular formula is C15H20FN3O4S2. The summed E-state index contributed by atoms with van der Waals surface area (Å²) in [6.45, 7) is 2.95. The number of ether oxygens (including phenoxy) is 1. The van der Waals surface area contributed by atoms with Crippen molar-refractivity contribution in [3.63, 3.8) is 0 Å². The van der Waals surface area contributed by atoms with Crippen LogP contribution >= 0.6 is 11.3 Å². The summed E-state index contributed by atoms with van der Waals surface area (Å²) in [7, 11) is -2.16. The van der Waals surface area contributed by atoms with E-state index in [9.17, 15) is 17.6 Å². The third-order valence-corrected chi connectivity index (χ3v) is 5.76. The summed E-state index contributed by atoms with van der Waals surface area (Å²) in [4.78, 5) is 16.5. The molecule has 2 rings (SSSR count). The minimum Gasteiger partial charge on any atom is -0.380 e. The van der Waals surface area contributed by atoms with Gasteiger partial charge in [0.15, 0.2) is 4.80 Å². The average molecular weight is 389 g/mol. The van der Waals surface area contributed by atoms with E-state index in [0.717, 1.165) is 16.1 Å². The Bertz CT molecular complexity index is 934. The first kappa shape index (κ1) is 19.7. The van der Waals surface area contributed by atoms with Crippen LogP contribution in [0.2, 0.25) is 0 Å². The van der Waals surface area contributed by atoms with Gasteiger partial charge in [0.05, 0.1) is 29.6 Å². The number of sulfonamides is 1. The molecule has 0 aliphatic carbocycles. The third-order valence-electron chi connectivity index (χ3n) is 3.45. The first-order chi connectivity index (χ1) is 11.7. The Morgan fingerprint density at radius 3 is 2.80 bits per heavy atom. The lowest BCUT2D eigenvalue weighted by Crippen LogP contribution is -2.31. The molecule has 7 nitrogen and oxygen atoms in total. The van der Waals surface area contributed by atoms with E-state index in [4.69, 9.17) is 4.74 Å². The molecule has 2 aromatic rings. The molecule has 0 saturated heterocycles. The van der Waals surface area contributed by atoms with Crippen molar-refractivity contribution >= 4 is 37.5 Å². The minimum atomic E-state index is -3.47. The van der Waals surface area contributed by atoms with Gasteiger partial charge < -0.3 is 9.30 Å². The van der Waals surface area contributed by atoms with Crippen LogP contribution < -0.4 is 4.80 Å². The highest BCUT2D eigenvalue weighted by atomic mass is 32.2. The quantitative estimate of drug-likeness (QED) is 0.667. The first-order valence-electron chi connectivity index (χ1n) is 7.58. The summed E-state index contributed by atoms with van der Waals surface area (Å²) in [5.74, 6) is -0.967. The number of fused-ring (bicyclic) bond motifs is 1. The highest BCUT2D eigenvalue weighted by Crippen LogP contribution is 2.18. The minimum absolute atomic E-state index is 0.354. The number of hydrogen-bond acceptors (Lipinski definition) is 5. The van der Waals surface area contributed by atoms with Crippen LogP contribution in [0.4, 0.5) is 4.39 Å². The van der Waals surface area contributed by atoms with E-state index in [2.05, 4.69) is 4.99 Å². The molecule has 138 valence electrons. The lowest BCUT2D eigenvalue weighted by molar-refractivity contribution is -0.118. The van der Waals surface area contributed by atoms with Crippen molar-refractivity contribution in [2.24, 2.45) is 4.99 Å². The van der Waals surface area contributed by atoms with E-state index >= 15 is 0 Å². The normalized spacial score (nSPS) is 13.1. The van der Waals surface area contributed by atoms with Gasteiger partial charge in [0, 0.05) is 20.2 Å². The van der Waals surface area contributed by atoms with Crippen LogP contribution in [0.25, 0.3) is 10.2 Å². The van der Waals surface area contributed by atoms with Crippen LogP contribution in [0.15, 0.2) is 23.2 Å². The second-order valence-corrected chi connectivity index (χ2v) is 8.47. The maximum atomic E-state index is 13.5. The van der Waals surface area contributed by atoms with Gasteiger partial charge in [0.25, 0.3) is 5.91 Å². The number of benzene rings is 1. The number of rotatable bonds is 7. The number of aromatic nitrogens is 1. The Morgan fingerprint density at radius 2 is 2.16 bits per heavy atom. The molecule has 0 unspecified atom stereocenters. The lowest BCUT2D eigenvalue weighted by Gasteiger charge is -2.10. The summed E-state index contributed by atoms with van der Waals surface area (Å²) in [5.41, 5.74) is 0.745. The molecular weight excluding hydrogens is 369 g/mol. The number of carbonyl (C=O) groups excluding carboxylic acids is 1. The van der Waals surface area contributed by atoms with Crippen molar-refractivity contribution in [1.82, 2.24) is 8.87 Å². The standard InChI is InChI=1S/C15H20FN3O4S2/c1-4-23-8-7-19-12-6-5-11(16)9-13(12)24-15(19)17-14(20)10-18(2)25(3,21)22/h5-6,9H,4,7-8,10H2,1-3H3. The summed E-state index contributed by atoms with van der Waals surface area (Å²) in [5, 5.41) is 0. The van der Waals surface area contributed by atoms with Gasteiger partial charge in [-0.3, -0.25) is 4.79 Å². The molecule has 10 heteroatoms. The Labute approximate surface area is 149 Å². The SMILES string of the molecule is CCOCCn1c(=NC(=O)CN(C)S(C)(=O)=O)sc2cc(F)ccc21. The van der Waals surface area contributed by atoms with Gasteiger partial charge in [0.2, 0.25) is 10.0 Å². The van der Waals surface area contributed by atoms with E-state index in [1.165, 1.54) is 30.5 Å². The van der Waals surface area contributed by atoms with Crippen molar-refractivity contribution in [2.45, 2.75) is 13.5 Å². The maximum Gasteiger partial charge on any atom is 0.263 e. The zero-order chi connectivity index (χ0) is 18.6. The summed E-state index contributed by atoms with van der Waals surface area (Å²) < 4.78 is 45.0. The zero-order valence-corrected chi connectivity index (χ0v) is 15.9. The first-order valence-corrected chi connectivity index (χ1v) is 10.2.